The standard InChI is InChI=1S/C8H12N2O.ClH/c1-3-4-11-8-9-5-7(2)6-10-8;/h5-6H,3-4H2,1-2H3;1H. The van der Waals surface area contributed by atoms with Crippen molar-refractivity contribution in [2.75, 3.05) is 6.61 Å². The number of aryl methyl sites for hydroxylation is 1. The van der Waals surface area contributed by atoms with Gasteiger partial charge in [-0.05, 0) is 18.9 Å². The molecular weight excluding hydrogens is 176 g/mol. The molecule has 0 aliphatic heterocycles. The van der Waals surface area contributed by atoms with Crippen molar-refractivity contribution in [3.05, 3.63) is 18.0 Å². The molecule has 0 saturated carbocycles. The molecule has 1 heterocycles. The minimum absolute atomic E-state index is 0. The van der Waals surface area contributed by atoms with Gasteiger partial charge in [0, 0.05) is 12.4 Å². The van der Waals surface area contributed by atoms with E-state index in [0.29, 0.717) is 12.6 Å². The van der Waals surface area contributed by atoms with Gasteiger partial charge < -0.3 is 4.74 Å². The van der Waals surface area contributed by atoms with Crippen molar-refractivity contribution in [2.24, 2.45) is 0 Å². The van der Waals surface area contributed by atoms with Crippen molar-refractivity contribution >= 4 is 12.4 Å². The minimum Gasteiger partial charge on any atom is -0.463 e. The molecule has 0 saturated heterocycles. The minimum atomic E-state index is 0. The molecule has 0 radical (unpaired) electrons. The summed E-state index contributed by atoms with van der Waals surface area (Å²) in [6, 6.07) is 0.470. The van der Waals surface area contributed by atoms with Crippen molar-refractivity contribution in [3.8, 4) is 6.01 Å². The maximum Gasteiger partial charge on any atom is 0.316 e. The molecular formula is C8H13ClN2O. The van der Waals surface area contributed by atoms with Gasteiger partial charge in [-0.1, -0.05) is 6.92 Å². The molecule has 0 aromatic carbocycles. The third-order valence-electron chi connectivity index (χ3n) is 1.19. The summed E-state index contributed by atoms with van der Waals surface area (Å²) in [5.41, 5.74) is 1.05. The van der Waals surface area contributed by atoms with E-state index < -0.39 is 0 Å². The smallest absolute Gasteiger partial charge is 0.316 e. The van der Waals surface area contributed by atoms with Gasteiger partial charge >= 0.3 is 6.01 Å². The van der Waals surface area contributed by atoms with Crippen LogP contribution < -0.4 is 4.74 Å². The monoisotopic (exact) mass is 188 g/mol. The molecule has 0 unspecified atom stereocenters. The number of ether oxygens (including phenoxy) is 1. The number of nitrogens with zero attached hydrogens (tertiary/aromatic N) is 2. The molecule has 0 aliphatic carbocycles. The topological polar surface area (TPSA) is 35.0 Å². The summed E-state index contributed by atoms with van der Waals surface area (Å²) in [6.07, 6.45) is 4.48. The zero-order chi connectivity index (χ0) is 8.10. The van der Waals surface area contributed by atoms with Crippen LogP contribution in [0.25, 0.3) is 0 Å². The number of rotatable bonds is 3. The largest absolute Gasteiger partial charge is 0.463 e. The molecule has 0 N–H and O–H groups in total. The van der Waals surface area contributed by atoms with Gasteiger partial charge in [0.25, 0.3) is 0 Å². The van der Waals surface area contributed by atoms with Crippen molar-refractivity contribution in [1.82, 2.24) is 9.97 Å². The van der Waals surface area contributed by atoms with Crippen LogP contribution in [-0.4, -0.2) is 16.6 Å². The zero-order valence-electron chi connectivity index (χ0n) is 7.28. The molecule has 68 valence electrons. The van der Waals surface area contributed by atoms with Gasteiger partial charge in [-0.3, -0.25) is 0 Å². The lowest BCUT2D eigenvalue weighted by atomic mass is 10.4. The van der Waals surface area contributed by atoms with Crippen LogP contribution in [0.15, 0.2) is 12.4 Å². The predicted molar refractivity (Wildman–Crippen MR) is 49.8 cm³/mol. The molecule has 0 amide bonds. The number of hydrogen-bond donors (Lipinski definition) is 0. The fourth-order valence-electron chi connectivity index (χ4n) is 0.649. The maximum atomic E-state index is 5.19. The van der Waals surface area contributed by atoms with Gasteiger partial charge in [-0.25, -0.2) is 9.97 Å². The summed E-state index contributed by atoms with van der Waals surface area (Å²) >= 11 is 0. The maximum absolute atomic E-state index is 5.19. The van der Waals surface area contributed by atoms with E-state index in [1.54, 1.807) is 12.4 Å². The van der Waals surface area contributed by atoms with E-state index in [-0.39, 0.29) is 12.4 Å². The Balaban J connectivity index is 0.00000121. The second kappa shape index (κ2) is 5.77. The highest BCUT2D eigenvalue weighted by atomic mass is 35.5. The summed E-state index contributed by atoms with van der Waals surface area (Å²) in [4.78, 5) is 7.96. The predicted octanol–water partition coefficient (Wildman–Crippen LogP) is 2.00. The fourth-order valence-corrected chi connectivity index (χ4v) is 0.649. The average molecular weight is 189 g/mol. The molecule has 4 heteroatoms. The quantitative estimate of drug-likeness (QED) is 0.728. The van der Waals surface area contributed by atoms with Gasteiger partial charge in [-0.15, -0.1) is 12.4 Å². The first-order valence-electron chi connectivity index (χ1n) is 3.74. The molecule has 0 spiro atoms. The number of aromatic nitrogens is 2. The molecule has 0 fully saturated rings. The van der Waals surface area contributed by atoms with Crippen molar-refractivity contribution in [2.45, 2.75) is 20.3 Å². The Hall–Kier alpha value is -0.830. The first-order valence-corrected chi connectivity index (χ1v) is 3.74. The number of halogens is 1. The molecule has 1 aromatic rings. The third-order valence-corrected chi connectivity index (χ3v) is 1.19. The molecule has 3 nitrogen and oxygen atoms in total. The first kappa shape index (κ1) is 11.2. The van der Waals surface area contributed by atoms with Crippen molar-refractivity contribution < 1.29 is 4.74 Å². The van der Waals surface area contributed by atoms with Crippen molar-refractivity contribution in [1.29, 1.82) is 0 Å². The Morgan fingerprint density at radius 2 is 1.92 bits per heavy atom. The van der Waals surface area contributed by atoms with Crippen LogP contribution in [0.5, 0.6) is 6.01 Å². The molecule has 0 atom stereocenters. The van der Waals surface area contributed by atoms with E-state index in [0.717, 1.165) is 12.0 Å². The Morgan fingerprint density at radius 3 is 2.42 bits per heavy atom. The second-order valence-corrected chi connectivity index (χ2v) is 2.39. The second-order valence-electron chi connectivity index (χ2n) is 2.39. The van der Waals surface area contributed by atoms with Gasteiger partial charge in [0.05, 0.1) is 6.61 Å². The van der Waals surface area contributed by atoms with Gasteiger partial charge in [-0.2, -0.15) is 0 Å². The van der Waals surface area contributed by atoms with Gasteiger partial charge in [0.2, 0.25) is 0 Å². The molecule has 1 aromatic heterocycles. The lowest BCUT2D eigenvalue weighted by Gasteiger charge is -2.00. The summed E-state index contributed by atoms with van der Waals surface area (Å²) in [5.74, 6) is 0. The fraction of sp³-hybridized carbons (Fsp3) is 0.500. The van der Waals surface area contributed by atoms with E-state index >= 15 is 0 Å². The van der Waals surface area contributed by atoms with Crippen molar-refractivity contribution in [3.63, 3.8) is 0 Å². The van der Waals surface area contributed by atoms with E-state index in [1.165, 1.54) is 0 Å². The van der Waals surface area contributed by atoms with Crippen LogP contribution in [0.4, 0.5) is 0 Å². The summed E-state index contributed by atoms with van der Waals surface area (Å²) in [7, 11) is 0. The Morgan fingerprint density at radius 1 is 1.33 bits per heavy atom. The van der Waals surface area contributed by atoms with Crippen LogP contribution in [-0.2, 0) is 0 Å². The zero-order valence-corrected chi connectivity index (χ0v) is 8.10. The average Bonchev–Trinajstić information content (AvgIpc) is 2.04. The van der Waals surface area contributed by atoms with E-state index in [2.05, 4.69) is 9.97 Å². The van der Waals surface area contributed by atoms with E-state index in [4.69, 9.17) is 4.74 Å². The Kier molecular flexibility index (Phi) is 5.37. The third kappa shape index (κ3) is 3.53. The molecule has 0 aliphatic rings. The lowest BCUT2D eigenvalue weighted by Crippen LogP contribution is -1.99. The molecule has 1 rings (SSSR count). The lowest BCUT2D eigenvalue weighted by molar-refractivity contribution is 0.292. The van der Waals surface area contributed by atoms with Crippen LogP contribution in [0, 0.1) is 6.92 Å². The number of hydrogen-bond acceptors (Lipinski definition) is 3. The van der Waals surface area contributed by atoms with E-state index in [9.17, 15) is 0 Å². The first-order chi connectivity index (χ1) is 5.33. The highest BCUT2D eigenvalue weighted by Gasteiger charge is 1.93. The highest BCUT2D eigenvalue weighted by Crippen LogP contribution is 2.00. The van der Waals surface area contributed by atoms with Crippen LogP contribution in [0.2, 0.25) is 0 Å². The summed E-state index contributed by atoms with van der Waals surface area (Å²) in [6.45, 7) is 4.68. The van der Waals surface area contributed by atoms with Crippen LogP contribution in [0.1, 0.15) is 18.9 Å². The molecule has 0 bridgehead atoms. The normalized spacial score (nSPS) is 8.83. The van der Waals surface area contributed by atoms with Crippen LogP contribution in [0.3, 0.4) is 0 Å². The van der Waals surface area contributed by atoms with Gasteiger partial charge in [0.15, 0.2) is 0 Å². The van der Waals surface area contributed by atoms with Crippen LogP contribution >= 0.6 is 12.4 Å². The Bertz CT molecular complexity index is 213. The highest BCUT2D eigenvalue weighted by molar-refractivity contribution is 5.85. The Labute approximate surface area is 78.6 Å². The van der Waals surface area contributed by atoms with Gasteiger partial charge in [0.1, 0.15) is 0 Å². The SMILES string of the molecule is CCCOc1ncc(C)cn1.Cl. The summed E-state index contributed by atoms with van der Waals surface area (Å²) < 4.78 is 5.19. The summed E-state index contributed by atoms with van der Waals surface area (Å²) in [5, 5.41) is 0. The van der Waals surface area contributed by atoms with E-state index in [1.807, 2.05) is 13.8 Å². The molecule has 12 heavy (non-hydrogen) atoms.